The van der Waals surface area contributed by atoms with Crippen molar-refractivity contribution >= 4 is 11.3 Å². The highest BCUT2D eigenvalue weighted by Crippen LogP contribution is 2.31. The molecule has 1 unspecified atom stereocenters. The van der Waals surface area contributed by atoms with Gasteiger partial charge in [-0.05, 0) is 51.5 Å². The quantitative estimate of drug-likeness (QED) is 0.796. The van der Waals surface area contributed by atoms with E-state index in [1.165, 1.54) is 0 Å². The van der Waals surface area contributed by atoms with Crippen LogP contribution in [0, 0.1) is 5.21 Å². The molecule has 0 aromatic heterocycles. The second-order valence-electron chi connectivity index (χ2n) is 5.02. The smallest absolute Gasteiger partial charge is 0.139 e. The predicted octanol–water partition coefficient (Wildman–Crippen LogP) is 2.29. The van der Waals surface area contributed by atoms with E-state index in [2.05, 4.69) is 0 Å². The van der Waals surface area contributed by atoms with Crippen LogP contribution in [-0.2, 0) is 0 Å². The number of hydroxylamine groups is 1. The molecule has 0 fully saturated rings. The van der Waals surface area contributed by atoms with E-state index in [-0.39, 0.29) is 5.06 Å². The highest BCUT2D eigenvalue weighted by Gasteiger charge is 2.31. The third kappa shape index (κ3) is 2.08. The lowest BCUT2D eigenvalue weighted by atomic mass is 9.91. The van der Waals surface area contributed by atoms with Gasteiger partial charge in [0.1, 0.15) is 17.0 Å². The molecule has 1 N–H and O–H groups in total. The van der Waals surface area contributed by atoms with Crippen LogP contribution < -0.4 is 9.80 Å². The normalized spacial score (nSPS) is 21.7. The summed E-state index contributed by atoms with van der Waals surface area (Å²) in [5, 5.41) is 12.4. The summed E-state index contributed by atoms with van der Waals surface area (Å²) in [6.07, 6.45) is 2.04. The number of fused-ring (bicyclic) bond motifs is 1. The second-order valence-corrected chi connectivity index (χ2v) is 5.02. The molecule has 1 aliphatic rings. The molecule has 0 amide bonds. The summed E-state index contributed by atoms with van der Waals surface area (Å²) in [5.41, 5.74) is 2.55. The maximum Gasteiger partial charge on any atom is 0.139 e. The molecule has 1 aliphatic heterocycles. The van der Waals surface area contributed by atoms with E-state index >= 15 is 0 Å². The van der Waals surface area contributed by atoms with Crippen LogP contribution in [0.25, 0.3) is 5.57 Å². The first kappa shape index (κ1) is 12.1. The van der Waals surface area contributed by atoms with Crippen molar-refractivity contribution in [2.45, 2.75) is 33.2 Å². The first-order valence-electron chi connectivity index (χ1n) is 5.97. The molecule has 1 aromatic carbocycles. The fourth-order valence-electron chi connectivity index (χ4n) is 2.34. The van der Waals surface area contributed by atoms with E-state index in [1.54, 1.807) is 0 Å². The van der Waals surface area contributed by atoms with Crippen molar-refractivity contribution in [2.75, 3.05) is 6.61 Å². The number of hydrogen-bond acceptors (Lipinski definition) is 2. The minimum atomic E-state index is -0.399. The van der Waals surface area contributed by atoms with Gasteiger partial charge in [-0.25, -0.2) is 0 Å². The average Bonchev–Trinajstić information content (AvgIpc) is 2.26. The van der Waals surface area contributed by atoms with Crippen molar-refractivity contribution in [1.82, 2.24) is 0 Å². The number of nitrogens with one attached hydrogen (secondary N) is 1. The molecular formula is C14H19NO2. The van der Waals surface area contributed by atoms with Crippen LogP contribution in [0.2, 0.25) is 0 Å². The Morgan fingerprint density at radius 1 is 1.35 bits per heavy atom. The zero-order valence-corrected chi connectivity index (χ0v) is 10.8. The van der Waals surface area contributed by atoms with E-state index in [0.717, 1.165) is 22.6 Å². The summed E-state index contributed by atoms with van der Waals surface area (Å²) >= 11 is 0. The molecule has 1 atom stereocenters. The van der Waals surface area contributed by atoms with Crippen LogP contribution in [0.4, 0.5) is 5.69 Å². The van der Waals surface area contributed by atoms with Crippen LogP contribution >= 0.6 is 0 Å². The zero-order chi connectivity index (χ0) is 12.6. The number of quaternary nitrogens is 1. The van der Waals surface area contributed by atoms with E-state index in [4.69, 9.17) is 4.74 Å². The van der Waals surface area contributed by atoms with Gasteiger partial charge in [-0.1, -0.05) is 0 Å². The molecule has 3 heteroatoms. The summed E-state index contributed by atoms with van der Waals surface area (Å²) in [6.45, 7) is 8.55. The largest absolute Gasteiger partial charge is 0.628 e. The Morgan fingerprint density at radius 3 is 2.71 bits per heavy atom. The molecule has 0 saturated carbocycles. The Labute approximate surface area is 102 Å². The van der Waals surface area contributed by atoms with Crippen molar-refractivity contribution in [3.63, 3.8) is 0 Å². The molecular weight excluding hydrogens is 214 g/mol. The topological polar surface area (TPSA) is 36.7 Å². The summed E-state index contributed by atoms with van der Waals surface area (Å²) in [7, 11) is 0. The average molecular weight is 233 g/mol. The van der Waals surface area contributed by atoms with Crippen LogP contribution in [0.5, 0.6) is 5.75 Å². The summed E-state index contributed by atoms with van der Waals surface area (Å²) < 4.78 is 5.47. The molecule has 0 saturated heterocycles. The molecule has 0 aliphatic carbocycles. The van der Waals surface area contributed by atoms with Gasteiger partial charge in [0.25, 0.3) is 0 Å². The summed E-state index contributed by atoms with van der Waals surface area (Å²) in [4.78, 5) is 0. The second kappa shape index (κ2) is 4.17. The van der Waals surface area contributed by atoms with E-state index in [1.807, 2.05) is 52.0 Å². The number of benzene rings is 1. The molecule has 2 rings (SSSR count). The van der Waals surface area contributed by atoms with Crippen molar-refractivity contribution < 1.29 is 9.80 Å². The number of allylic oxidation sites excluding steroid dienone is 1. The third-order valence-electron chi connectivity index (χ3n) is 3.13. The molecule has 17 heavy (non-hydrogen) atoms. The fraction of sp³-hybridized carbons (Fsp3) is 0.429. The third-order valence-corrected chi connectivity index (χ3v) is 3.13. The maximum absolute atomic E-state index is 12.3. The van der Waals surface area contributed by atoms with Crippen LogP contribution in [0.3, 0.4) is 0 Å². The molecule has 1 heterocycles. The SMILES string of the molecule is CCOc1ccc2c(c1)C(C)=CC(C)(C)[NH+]2[O-]. The highest BCUT2D eigenvalue weighted by atomic mass is 16.5. The van der Waals surface area contributed by atoms with Gasteiger partial charge in [-0.15, -0.1) is 0 Å². The Morgan fingerprint density at radius 2 is 2.06 bits per heavy atom. The Bertz CT molecular complexity index is 463. The Balaban J connectivity index is 2.50. The Kier molecular flexibility index (Phi) is 2.98. The van der Waals surface area contributed by atoms with Gasteiger partial charge >= 0.3 is 0 Å². The lowest BCUT2D eigenvalue weighted by Crippen LogP contribution is -3.11. The summed E-state index contributed by atoms with van der Waals surface area (Å²) in [5.74, 6) is 0.825. The lowest BCUT2D eigenvalue weighted by Gasteiger charge is -2.40. The van der Waals surface area contributed by atoms with Gasteiger partial charge in [0.2, 0.25) is 0 Å². The zero-order valence-electron chi connectivity index (χ0n) is 10.8. The molecule has 3 nitrogen and oxygen atoms in total. The van der Waals surface area contributed by atoms with Gasteiger partial charge in [-0.3, -0.25) is 0 Å². The van der Waals surface area contributed by atoms with Gasteiger partial charge < -0.3 is 15.0 Å². The van der Waals surface area contributed by atoms with E-state index < -0.39 is 5.54 Å². The number of rotatable bonds is 2. The van der Waals surface area contributed by atoms with Crippen molar-refractivity contribution in [1.29, 1.82) is 0 Å². The Hall–Kier alpha value is -1.32. The first-order chi connectivity index (χ1) is 7.95. The fourth-order valence-corrected chi connectivity index (χ4v) is 2.34. The summed E-state index contributed by atoms with van der Waals surface area (Å²) in [6, 6.07) is 5.70. The minimum absolute atomic E-state index is 0.182. The van der Waals surface area contributed by atoms with Crippen LogP contribution in [-0.4, -0.2) is 12.1 Å². The molecule has 92 valence electrons. The van der Waals surface area contributed by atoms with Crippen LogP contribution in [0.1, 0.15) is 33.3 Å². The van der Waals surface area contributed by atoms with Crippen molar-refractivity contribution in [3.05, 3.63) is 35.0 Å². The molecule has 1 aromatic rings. The minimum Gasteiger partial charge on any atom is -0.628 e. The van der Waals surface area contributed by atoms with Crippen LogP contribution in [0.15, 0.2) is 24.3 Å². The first-order valence-corrected chi connectivity index (χ1v) is 5.97. The monoisotopic (exact) mass is 233 g/mol. The van der Waals surface area contributed by atoms with Gasteiger partial charge in [0, 0.05) is 11.6 Å². The highest BCUT2D eigenvalue weighted by molar-refractivity contribution is 5.75. The number of ether oxygens (including phenoxy) is 1. The standard InChI is InChI=1S/C14H19NO2/c1-5-17-11-6-7-13-12(8-11)10(2)9-14(3,4)15(13)16/h6-9,15H,5H2,1-4H3. The van der Waals surface area contributed by atoms with Crippen molar-refractivity contribution in [2.24, 2.45) is 0 Å². The predicted molar refractivity (Wildman–Crippen MR) is 69.3 cm³/mol. The van der Waals surface area contributed by atoms with Crippen molar-refractivity contribution in [3.8, 4) is 5.75 Å². The van der Waals surface area contributed by atoms with Gasteiger partial charge in [-0.2, -0.15) is 0 Å². The number of hydrogen-bond donors (Lipinski definition) is 1. The lowest BCUT2D eigenvalue weighted by molar-refractivity contribution is -0.826. The van der Waals surface area contributed by atoms with Gasteiger partial charge in [0.15, 0.2) is 0 Å². The van der Waals surface area contributed by atoms with Gasteiger partial charge in [0.05, 0.1) is 6.61 Å². The van der Waals surface area contributed by atoms with E-state index in [9.17, 15) is 5.21 Å². The molecule has 0 bridgehead atoms. The molecule has 0 radical (unpaired) electrons. The maximum atomic E-state index is 12.3. The van der Waals surface area contributed by atoms with E-state index in [0.29, 0.717) is 6.61 Å². The molecule has 0 spiro atoms.